The Morgan fingerprint density at radius 3 is 2.07 bits per heavy atom. The first-order valence-electron chi connectivity index (χ1n) is 9.46. The third-order valence-electron chi connectivity index (χ3n) is 4.71. The lowest BCUT2D eigenvalue weighted by atomic mass is 10.0. The highest BCUT2D eigenvalue weighted by molar-refractivity contribution is 7.99. The van der Waals surface area contributed by atoms with Gasteiger partial charge in [-0.3, -0.25) is 4.79 Å². The molecule has 5 nitrogen and oxygen atoms in total. The molecule has 0 aliphatic heterocycles. The van der Waals surface area contributed by atoms with Crippen LogP contribution in [0.5, 0.6) is 17.2 Å². The monoisotopic (exact) mass is 423 g/mol. The van der Waals surface area contributed by atoms with Crippen LogP contribution in [-0.4, -0.2) is 27.1 Å². The van der Waals surface area contributed by atoms with Crippen molar-refractivity contribution in [2.75, 3.05) is 27.1 Å². The van der Waals surface area contributed by atoms with E-state index >= 15 is 0 Å². The van der Waals surface area contributed by atoms with Crippen molar-refractivity contribution < 1.29 is 19.0 Å². The summed E-state index contributed by atoms with van der Waals surface area (Å²) in [6, 6.07) is 20.7. The van der Waals surface area contributed by atoms with E-state index in [1.165, 1.54) is 0 Å². The number of para-hydroxylation sites is 1. The summed E-state index contributed by atoms with van der Waals surface area (Å²) in [5, 5.41) is -0.198. The first kappa shape index (κ1) is 21.6. The number of anilines is 1. The second-order valence-electron chi connectivity index (χ2n) is 6.60. The van der Waals surface area contributed by atoms with Gasteiger partial charge in [0.25, 0.3) is 0 Å². The van der Waals surface area contributed by atoms with Gasteiger partial charge in [-0.2, -0.15) is 0 Å². The summed E-state index contributed by atoms with van der Waals surface area (Å²) in [4.78, 5) is 13.9. The molecule has 6 heteroatoms. The molecule has 3 rings (SSSR count). The summed E-state index contributed by atoms with van der Waals surface area (Å²) in [7, 11) is 4.72. The average Bonchev–Trinajstić information content (AvgIpc) is 2.79. The maximum absolute atomic E-state index is 13.0. The number of nitrogens with two attached hydrogens (primary N) is 1. The third-order valence-corrected chi connectivity index (χ3v) is 6.06. The molecule has 0 saturated heterocycles. The normalized spacial score (nSPS) is 11.6. The molecule has 3 aromatic rings. The zero-order chi connectivity index (χ0) is 21.5. The number of ether oxygens (including phenoxy) is 3. The highest BCUT2D eigenvalue weighted by Gasteiger charge is 2.23. The summed E-state index contributed by atoms with van der Waals surface area (Å²) >= 11 is 1.55. The Balaban J connectivity index is 2.02. The second kappa shape index (κ2) is 10.1. The molecule has 0 bridgehead atoms. The minimum absolute atomic E-state index is 0.0522. The number of Topliss-reactive ketones (excluding diaryl/α,β-unsaturated/α-hetero) is 1. The minimum atomic E-state index is -0.198. The summed E-state index contributed by atoms with van der Waals surface area (Å²) in [5.74, 6) is 1.66. The van der Waals surface area contributed by atoms with E-state index in [-0.39, 0.29) is 11.0 Å². The molecule has 0 saturated carbocycles. The smallest absolute Gasteiger partial charge is 0.203 e. The number of thioether (sulfide) groups is 1. The Labute approximate surface area is 181 Å². The largest absolute Gasteiger partial charge is 0.493 e. The van der Waals surface area contributed by atoms with E-state index in [2.05, 4.69) is 0 Å². The van der Waals surface area contributed by atoms with Crippen LogP contribution in [0, 0.1) is 0 Å². The molecule has 0 fully saturated rings. The lowest BCUT2D eigenvalue weighted by molar-refractivity contribution is 0.0982. The number of hydrogen-bond donors (Lipinski definition) is 1. The molecule has 0 amide bonds. The molecule has 3 aromatic carbocycles. The Hall–Kier alpha value is -3.12. The molecule has 0 spiro atoms. The topological polar surface area (TPSA) is 70.8 Å². The first-order valence-corrected chi connectivity index (χ1v) is 10.3. The highest BCUT2D eigenvalue weighted by atomic mass is 32.2. The van der Waals surface area contributed by atoms with E-state index in [0.29, 0.717) is 34.9 Å². The van der Waals surface area contributed by atoms with Gasteiger partial charge in [0.2, 0.25) is 5.75 Å². The van der Waals surface area contributed by atoms with E-state index in [4.69, 9.17) is 19.9 Å². The van der Waals surface area contributed by atoms with Crippen molar-refractivity contribution >= 4 is 23.2 Å². The molecule has 0 aromatic heterocycles. The third kappa shape index (κ3) is 4.89. The van der Waals surface area contributed by atoms with Crippen LogP contribution in [0.25, 0.3) is 0 Å². The number of carbonyl (C=O) groups is 1. The summed E-state index contributed by atoms with van der Waals surface area (Å²) < 4.78 is 16.5. The first-order chi connectivity index (χ1) is 14.6. The fourth-order valence-corrected chi connectivity index (χ4v) is 4.34. The van der Waals surface area contributed by atoms with Gasteiger partial charge in [0, 0.05) is 27.8 Å². The number of benzene rings is 3. The van der Waals surface area contributed by atoms with Crippen molar-refractivity contribution in [2.24, 2.45) is 0 Å². The maximum atomic E-state index is 13.0. The highest BCUT2D eigenvalue weighted by Crippen LogP contribution is 2.46. The van der Waals surface area contributed by atoms with E-state index in [1.807, 2.05) is 66.7 Å². The number of ketones is 1. The van der Waals surface area contributed by atoms with Crippen molar-refractivity contribution in [3.05, 3.63) is 77.9 Å². The predicted molar refractivity (Wildman–Crippen MR) is 121 cm³/mol. The number of hydrogen-bond acceptors (Lipinski definition) is 6. The van der Waals surface area contributed by atoms with Crippen molar-refractivity contribution in [2.45, 2.75) is 16.6 Å². The van der Waals surface area contributed by atoms with Crippen LogP contribution in [0.1, 0.15) is 27.6 Å². The number of carbonyl (C=O) groups excluding carboxylic acids is 1. The van der Waals surface area contributed by atoms with Crippen LogP contribution < -0.4 is 19.9 Å². The average molecular weight is 424 g/mol. The molecule has 0 radical (unpaired) electrons. The van der Waals surface area contributed by atoms with Crippen LogP contribution in [0.3, 0.4) is 0 Å². The fourth-order valence-electron chi connectivity index (χ4n) is 3.17. The van der Waals surface area contributed by atoms with Crippen LogP contribution >= 0.6 is 11.8 Å². The quantitative estimate of drug-likeness (QED) is 0.282. The SMILES string of the molecule is COc1cc([C@H](CC(=O)c2ccccc2)Sc2ccccc2N)cc(OC)c1OC. The predicted octanol–water partition coefficient (Wildman–Crippen LogP) is 5.40. The molecule has 1 atom stereocenters. The maximum Gasteiger partial charge on any atom is 0.203 e. The molecular formula is C24H25NO4S. The molecule has 30 heavy (non-hydrogen) atoms. The minimum Gasteiger partial charge on any atom is -0.493 e. The van der Waals surface area contributed by atoms with Crippen LogP contribution in [0.4, 0.5) is 5.69 Å². The van der Waals surface area contributed by atoms with Crippen molar-refractivity contribution in [3.8, 4) is 17.2 Å². The number of rotatable bonds is 9. The number of methoxy groups -OCH3 is 3. The van der Waals surface area contributed by atoms with Crippen molar-refractivity contribution in [1.29, 1.82) is 0 Å². The zero-order valence-corrected chi connectivity index (χ0v) is 18.1. The van der Waals surface area contributed by atoms with E-state index in [1.54, 1.807) is 33.1 Å². The van der Waals surface area contributed by atoms with Crippen LogP contribution in [-0.2, 0) is 0 Å². The Kier molecular flexibility index (Phi) is 7.25. The molecule has 0 aliphatic rings. The molecular weight excluding hydrogens is 398 g/mol. The van der Waals surface area contributed by atoms with E-state index < -0.39 is 0 Å². The van der Waals surface area contributed by atoms with Crippen LogP contribution in [0.15, 0.2) is 71.6 Å². The van der Waals surface area contributed by atoms with Gasteiger partial charge in [-0.1, -0.05) is 42.5 Å². The van der Waals surface area contributed by atoms with Gasteiger partial charge in [0.1, 0.15) is 0 Å². The lowest BCUT2D eigenvalue weighted by Crippen LogP contribution is -2.07. The van der Waals surface area contributed by atoms with Crippen molar-refractivity contribution in [1.82, 2.24) is 0 Å². The molecule has 156 valence electrons. The summed E-state index contributed by atoms with van der Waals surface area (Å²) in [5.41, 5.74) is 8.41. The summed E-state index contributed by atoms with van der Waals surface area (Å²) in [6.07, 6.45) is 0.293. The Morgan fingerprint density at radius 1 is 0.900 bits per heavy atom. The second-order valence-corrected chi connectivity index (χ2v) is 7.84. The van der Waals surface area contributed by atoms with Gasteiger partial charge >= 0.3 is 0 Å². The zero-order valence-electron chi connectivity index (χ0n) is 17.3. The van der Waals surface area contributed by atoms with Crippen LogP contribution in [0.2, 0.25) is 0 Å². The van der Waals surface area contributed by atoms with Gasteiger partial charge in [-0.15, -0.1) is 11.8 Å². The molecule has 2 N–H and O–H groups in total. The van der Waals surface area contributed by atoms with Gasteiger partial charge in [-0.05, 0) is 29.8 Å². The summed E-state index contributed by atoms with van der Waals surface area (Å²) in [6.45, 7) is 0. The lowest BCUT2D eigenvalue weighted by Gasteiger charge is -2.21. The van der Waals surface area contributed by atoms with E-state index in [9.17, 15) is 4.79 Å². The van der Waals surface area contributed by atoms with E-state index in [0.717, 1.165) is 10.5 Å². The molecule has 0 unspecified atom stereocenters. The molecule has 0 aliphatic carbocycles. The van der Waals surface area contributed by atoms with Crippen molar-refractivity contribution in [3.63, 3.8) is 0 Å². The fraction of sp³-hybridized carbons (Fsp3) is 0.208. The Bertz CT molecular complexity index is 982. The van der Waals surface area contributed by atoms with Gasteiger partial charge in [0.15, 0.2) is 17.3 Å². The standard InChI is InChI=1S/C24H25NO4S/c1-27-20-13-17(14-21(28-2)24(20)29-3)23(30-22-12-8-7-11-18(22)25)15-19(26)16-9-5-4-6-10-16/h4-14,23H,15,25H2,1-3H3/t23-/m0/s1. The van der Waals surface area contributed by atoms with Gasteiger partial charge in [0.05, 0.1) is 21.3 Å². The van der Waals surface area contributed by atoms with Gasteiger partial charge in [-0.25, -0.2) is 0 Å². The Morgan fingerprint density at radius 2 is 1.50 bits per heavy atom. The molecule has 0 heterocycles. The number of nitrogen functional groups attached to an aromatic ring is 1. The van der Waals surface area contributed by atoms with Gasteiger partial charge < -0.3 is 19.9 Å².